The lowest BCUT2D eigenvalue weighted by atomic mass is 10.0. The molecule has 2 aliphatic rings. The Hall–Kier alpha value is -1.36. The molecule has 3 rings (SSSR count). The van der Waals surface area contributed by atoms with Crippen molar-refractivity contribution in [1.82, 2.24) is 15.3 Å². The van der Waals surface area contributed by atoms with Gasteiger partial charge in [-0.2, -0.15) is 0 Å². The van der Waals surface area contributed by atoms with Crippen LogP contribution in [0.15, 0.2) is 12.4 Å². The molecule has 0 radical (unpaired) electrons. The molecular weight excluding hydrogens is 238 g/mol. The Bertz CT molecular complexity index is 424. The second-order valence-electron chi connectivity index (χ2n) is 5.75. The van der Waals surface area contributed by atoms with Crippen LogP contribution in [0.2, 0.25) is 0 Å². The first-order valence-corrected chi connectivity index (χ1v) is 7.24. The maximum absolute atomic E-state index is 4.53. The van der Waals surface area contributed by atoms with Crippen molar-refractivity contribution in [2.75, 3.05) is 37.0 Å². The fraction of sp³-hybridized carbons (Fsp3) is 0.714. The molecule has 1 saturated carbocycles. The predicted molar refractivity (Wildman–Crippen MR) is 77.8 cm³/mol. The average Bonchev–Trinajstić information content (AvgIpc) is 3.25. The summed E-state index contributed by atoms with van der Waals surface area (Å²) < 4.78 is 0. The summed E-state index contributed by atoms with van der Waals surface area (Å²) in [4.78, 5) is 13.4. The summed E-state index contributed by atoms with van der Waals surface area (Å²) in [5.41, 5.74) is 0. The Labute approximate surface area is 115 Å². The average molecular weight is 261 g/mol. The molecule has 1 saturated heterocycles. The molecule has 0 amide bonds. The van der Waals surface area contributed by atoms with Crippen LogP contribution in [0.5, 0.6) is 0 Å². The molecule has 0 atom stereocenters. The van der Waals surface area contributed by atoms with Crippen molar-refractivity contribution in [3.05, 3.63) is 12.4 Å². The molecule has 104 valence electrons. The largest absolute Gasteiger partial charge is 0.363 e. The van der Waals surface area contributed by atoms with Gasteiger partial charge in [0.1, 0.15) is 18.0 Å². The minimum absolute atomic E-state index is 0.638. The van der Waals surface area contributed by atoms with Crippen LogP contribution in [0.1, 0.15) is 25.7 Å². The highest BCUT2D eigenvalue weighted by atomic mass is 15.3. The molecule has 2 fully saturated rings. The molecule has 0 spiro atoms. The molecule has 0 aromatic carbocycles. The fourth-order valence-corrected chi connectivity index (χ4v) is 2.83. The van der Waals surface area contributed by atoms with E-state index in [2.05, 4.69) is 26.3 Å². The van der Waals surface area contributed by atoms with Crippen LogP contribution >= 0.6 is 0 Å². The van der Waals surface area contributed by atoms with Crippen LogP contribution in [-0.4, -0.2) is 49.2 Å². The van der Waals surface area contributed by atoms with Gasteiger partial charge in [-0.15, -0.1) is 0 Å². The number of rotatable bonds is 4. The van der Waals surface area contributed by atoms with Crippen LogP contribution < -0.4 is 15.1 Å². The van der Waals surface area contributed by atoms with Crippen LogP contribution in [0, 0.1) is 0 Å². The number of nitrogens with one attached hydrogen (secondary N) is 1. The van der Waals surface area contributed by atoms with Gasteiger partial charge in [0.2, 0.25) is 0 Å². The first-order chi connectivity index (χ1) is 9.25. The van der Waals surface area contributed by atoms with Crippen LogP contribution in [0.25, 0.3) is 0 Å². The normalized spacial score (nSPS) is 20.3. The molecule has 1 aliphatic heterocycles. The van der Waals surface area contributed by atoms with E-state index >= 15 is 0 Å². The molecule has 1 aromatic heterocycles. The Kier molecular flexibility index (Phi) is 3.55. The standard InChI is InChI=1S/C14H23N5/c1-18(2)13-9-14(17-10-16-13)19(11-3-4-11)12-5-7-15-8-6-12/h9-12,15H,3-8H2,1-2H3. The van der Waals surface area contributed by atoms with Crippen LogP contribution in [-0.2, 0) is 0 Å². The summed E-state index contributed by atoms with van der Waals surface area (Å²) in [6.07, 6.45) is 6.76. The predicted octanol–water partition coefficient (Wildman–Crippen LogP) is 1.26. The highest BCUT2D eigenvalue weighted by molar-refractivity contribution is 5.51. The summed E-state index contributed by atoms with van der Waals surface area (Å²) in [5, 5.41) is 3.44. The lowest BCUT2D eigenvalue weighted by Gasteiger charge is -2.36. The number of hydrogen-bond donors (Lipinski definition) is 1. The third-order valence-electron chi connectivity index (χ3n) is 4.00. The van der Waals surface area contributed by atoms with E-state index in [1.54, 1.807) is 6.33 Å². The van der Waals surface area contributed by atoms with E-state index in [0.29, 0.717) is 12.1 Å². The first-order valence-electron chi connectivity index (χ1n) is 7.24. The van der Waals surface area contributed by atoms with E-state index in [1.165, 1.54) is 25.7 Å². The Morgan fingerprint density at radius 2 is 1.63 bits per heavy atom. The van der Waals surface area contributed by atoms with Gasteiger partial charge >= 0.3 is 0 Å². The molecule has 5 nitrogen and oxygen atoms in total. The Morgan fingerprint density at radius 1 is 1.00 bits per heavy atom. The van der Waals surface area contributed by atoms with E-state index in [9.17, 15) is 0 Å². The van der Waals surface area contributed by atoms with E-state index in [-0.39, 0.29) is 0 Å². The second kappa shape index (κ2) is 5.33. The minimum Gasteiger partial charge on any atom is -0.363 e. The van der Waals surface area contributed by atoms with Gasteiger partial charge in [-0.25, -0.2) is 9.97 Å². The number of nitrogens with zero attached hydrogens (tertiary/aromatic N) is 4. The lowest BCUT2D eigenvalue weighted by molar-refractivity contribution is 0.425. The van der Waals surface area contributed by atoms with Crippen molar-refractivity contribution in [3.8, 4) is 0 Å². The monoisotopic (exact) mass is 261 g/mol. The number of hydrogen-bond acceptors (Lipinski definition) is 5. The van der Waals surface area contributed by atoms with Crippen molar-refractivity contribution >= 4 is 11.6 Å². The minimum atomic E-state index is 0.638. The number of piperidine rings is 1. The van der Waals surface area contributed by atoms with Gasteiger partial charge in [-0.05, 0) is 38.8 Å². The number of anilines is 2. The fourth-order valence-electron chi connectivity index (χ4n) is 2.83. The molecule has 2 heterocycles. The van der Waals surface area contributed by atoms with Gasteiger partial charge in [-0.1, -0.05) is 0 Å². The highest BCUT2D eigenvalue weighted by Gasteiger charge is 2.35. The van der Waals surface area contributed by atoms with Crippen molar-refractivity contribution in [2.45, 2.75) is 37.8 Å². The zero-order chi connectivity index (χ0) is 13.2. The summed E-state index contributed by atoms with van der Waals surface area (Å²) in [5.74, 6) is 2.10. The zero-order valence-electron chi connectivity index (χ0n) is 11.8. The van der Waals surface area contributed by atoms with Crippen LogP contribution in [0.4, 0.5) is 11.6 Å². The van der Waals surface area contributed by atoms with Gasteiger partial charge < -0.3 is 15.1 Å². The van der Waals surface area contributed by atoms with Gasteiger partial charge in [0.05, 0.1) is 0 Å². The van der Waals surface area contributed by atoms with Gasteiger partial charge in [0.15, 0.2) is 0 Å². The third kappa shape index (κ3) is 2.81. The van der Waals surface area contributed by atoms with E-state index < -0.39 is 0 Å². The summed E-state index contributed by atoms with van der Waals surface area (Å²) >= 11 is 0. The number of aromatic nitrogens is 2. The van der Waals surface area contributed by atoms with Crippen molar-refractivity contribution < 1.29 is 0 Å². The maximum atomic E-state index is 4.53. The molecule has 0 unspecified atom stereocenters. The lowest BCUT2D eigenvalue weighted by Crippen LogP contribution is -2.44. The SMILES string of the molecule is CN(C)c1cc(N(C2CCNCC2)C2CC2)ncn1. The van der Waals surface area contributed by atoms with Crippen molar-refractivity contribution in [1.29, 1.82) is 0 Å². The summed E-state index contributed by atoms with van der Waals surface area (Å²) in [7, 11) is 4.05. The second-order valence-corrected chi connectivity index (χ2v) is 5.75. The molecule has 1 aromatic rings. The Morgan fingerprint density at radius 3 is 2.26 bits per heavy atom. The van der Waals surface area contributed by atoms with Gasteiger partial charge in [-0.3, -0.25) is 0 Å². The third-order valence-corrected chi connectivity index (χ3v) is 4.00. The van der Waals surface area contributed by atoms with Crippen molar-refractivity contribution in [2.24, 2.45) is 0 Å². The smallest absolute Gasteiger partial charge is 0.134 e. The quantitative estimate of drug-likeness (QED) is 0.884. The molecular formula is C14H23N5. The molecule has 1 N–H and O–H groups in total. The van der Waals surface area contributed by atoms with E-state index in [4.69, 9.17) is 0 Å². The Balaban J connectivity index is 1.84. The van der Waals surface area contributed by atoms with Gasteiger partial charge in [0, 0.05) is 32.2 Å². The van der Waals surface area contributed by atoms with E-state index in [1.807, 2.05) is 19.0 Å². The summed E-state index contributed by atoms with van der Waals surface area (Å²) in [6, 6.07) is 3.46. The van der Waals surface area contributed by atoms with Crippen molar-refractivity contribution in [3.63, 3.8) is 0 Å². The topological polar surface area (TPSA) is 44.3 Å². The highest BCUT2D eigenvalue weighted by Crippen LogP contribution is 2.35. The summed E-state index contributed by atoms with van der Waals surface area (Å²) in [6.45, 7) is 2.25. The first kappa shape index (κ1) is 12.7. The van der Waals surface area contributed by atoms with Gasteiger partial charge in [0.25, 0.3) is 0 Å². The molecule has 5 heteroatoms. The molecule has 1 aliphatic carbocycles. The molecule has 0 bridgehead atoms. The van der Waals surface area contributed by atoms with E-state index in [0.717, 1.165) is 24.7 Å². The molecule has 19 heavy (non-hydrogen) atoms. The maximum Gasteiger partial charge on any atom is 0.134 e. The van der Waals surface area contributed by atoms with Crippen LogP contribution in [0.3, 0.4) is 0 Å². The zero-order valence-corrected chi connectivity index (χ0v) is 11.8.